The Labute approximate surface area is 176 Å². The van der Waals surface area contributed by atoms with Crippen LogP contribution in [0.15, 0.2) is 12.1 Å². The van der Waals surface area contributed by atoms with Crippen molar-refractivity contribution in [3.05, 3.63) is 34.4 Å². The van der Waals surface area contributed by atoms with Crippen LogP contribution in [-0.2, 0) is 20.6 Å². The number of aliphatic hydroxyl groups is 1. The van der Waals surface area contributed by atoms with E-state index in [-0.39, 0.29) is 24.8 Å². The Morgan fingerprint density at radius 1 is 1.17 bits per heavy atom. The van der Waals surface area contributed by atoms with Crippen molar-refractivity contribution in [1.82, 2.24) is 0 Å². The van der Waals surface area contributed by atoms with Crippen molar-refractivity contribution in [2.75, 3.05) is 13.2 Å². The molecule has 1 aliphatic heterocycles. The van der Waals surface area contributed by atoms with Gasteiger partial charge in [-0.1, -0.05) is 37.3 Å². The Balaban J connectivity index is 2.03. The number of aryl methyl sites for hydroxylation is 3. The second-order valence-electron chi connectivity index (χ2n) is 9.85. The van der Waals surface area contributed by atoms with Gasteiger partial charge in [-0.2, -0.15) is 0 Å². The summed E-state index contributed by atoms with van der Waals surface area (Å²) in [5.41, 5.74) is 3.84. The maximum atomic E-state index is 12.8. The first-order valence-electron chi connectivity index (χ1n) is 10.7. The van der Waals surface area contributed by atoms with Crippen LogP contribution < -0.4 is 0 Å². The molecule has 1 aromatic rings. The van der Waals surface area contributed by atoms with Gasteiger partial charge in [0.1, 0.15) is 6.10 Å². The summed E-state index contributed by atoms with van der Waals surface area (Å²) in [6.07, 6.45) is 1.95. The molecule has 5 nitrogen and oxygen atoms in total. The maximum Gasteiger partial charge on any atom is 0.338 e. The lowest BCUT2D eigenvalue weighted by Gasteiger charge is -2.18. The topological polar surface area (TPSA) is 65.0 Å². The lowest BCUT2D eigenvalue weighted by Crippen LogP contribution is -2.26. The summed E-state index contributed by atoms with van der Waals surface area (Å²) in [5.74, 6) is -0.880. The molecule has 0 bridgehead atoms. The third kappa shape index (κ3) is 7.21. The molecule has 2 atom stereocenters. The number of rotatable bonds is 9. The average molecular weight is 423 g/mol. The van der Waals surface area contributed by atoms with E-state index in [1.807, 2.05) is 26.8 Å². The minimum absolute atomic E-state index is 0.0493. The molecule has 1 heterocycles. The fraction of sp³-hybridized carbons (Fsp3) is 0.696. The molecule has 2 rings (SSSR count). The molecule has 1 N–H and O–H groups in total. The van der Waals surface area contributed by atoms with Gasteiger partial charge in [-0.15, -0.1) is 0 Å². The molecule has 29 heavy (non-hydrogen) atoms. The van der Waals surface area contributed by atoms with Crippen LogP contribution in [0.25, 0.3) is 0 Å². The Morgan fingerprint density at radius 2 is 1.83 bits per heavy atom. The third-order valence-electron chi connectivity index (χ3n) is 5.25. The van der Waals surface area contributed by atoms with E-state index in [4.69, 9.17) is 14.2 Å². The number of carbonyl (C=O) groups excluding carboxylic acids is 1. The van der Waals surface area contributed by atoms with E-state index in [0.717, 1.165) is 42.0 Å². The van der Waals surface area contributed by atoms with E-state index in [2.05, 4.69) is 32.6 Å². The van der Waals surface area contributed by atoms with Gasteiger partial charge in [0.15, 0.2) is 5.79 Å². The molecule has 0 radical (unpaired) electrons. The van der Waals surface area contributed by atoms with Crippen molar-refractivity contribution in [3.63, 3.8) is 0 Å². The zero-order valence-electron chi connectivity index (χ0n) is 19.1. The first-order chi connectivity index (χ1) is 13.4. The van der Waals surface area contributed by atoms with E-state index in [1.54, 1.807) is 0 Å². The minimum atomic E-state index is -1.24. The summed E-state index contributed by atoms with van der Waals surface area (Å²) < 4.78 is 17.3. The monoisotopic (exact) mass is 422 g/mol. The van der Waals surface area contributed by atoms with Gasteiger partial charge in [0.2, 0.25) is 0 Å². The predicted octanol–water partition coefficient (Wildman–Crippen LogP) is 4.63. The van der Waals surface area contributed by atoms with Gasteiger partial charge in [-0.25, -0.2) is 4.79 Å². The summed E-state index contributed by atoms with van der Waals surface area (Å²) in [7, 11) is -1.24. The minimum Gasteiger partial charge on any atom is -0.462 e. The number of benzene rings is 1. The van der Waals surface area contributed by atoms with Gasteiger partial charge in [0, 0.05) is 8.07 Å². The standard InChI is InChI=1S/C23H38O5Si/c1-16-13-17(2)21(22(25)26-11-12-29(5,6)7)18(14-16)9-8-10-19-20(15-24)28-23(3,4)27-19/h13-14,19-20,24H,8-12,15H2,1-7H3/t19-,20+/m0/s1. The lowest BCUT2D eigenvalue weighted by molar-refractivity contribution is -0.149. The second kappa shape index (κ2) is 9.73. The van der Waals surface area contributed by atoms with E-state index in [1.165, 1.54) is 0 Å². The summed E-state index contributed by atoms with van der Waals surface area (Å²) in [4.78, 5) is 12.8. The highest BCUT2D eigenvalue weighted by molar-refractivity contribution is 6.76. The lowest BCUT2D eigenvalue weighted by atomic mass is 9.94. The van der Waals surface area contributed by atoms with Crippen molar-refractivity contribution in [2.45, 2.75) is 90.6 Å². The smallest absolute Gasteiger partial charge is 0.338 e. The summed E-state index contributed by atoms with van der Waals surface area (Å²) >= 11 is 0. The van der Waals surface area contributed by atoms with Crippen LogP contribution in [0.5, 0.6) is 0 Å². The molecule has 0 unspecified atom stereocenters. The van der Waals surface area contributed by atoms with Crippen LogP contribution >= 0.6 is 0 Å². The number of esters is 1. The maximum absolute atomic E-state index is 12.8. The first-order valence-corrected chi connectivity index (χ1v) is 14.4. The Morgan fingerprint density at radius 3 is 2.45 bits per heavy atom. The largest absolute Gasteiger partial charge is 0.462 e. The Hall–Kier alpha value is -1.21. The van der Waals surface area contributed by atoms with Crippen LogP contribution in [-0.4, -0.2) is 50.4 Å². The van der Waals surface area contributed by atoms with Crippen molar-refractivity contribution in [2.24, 2.45) is 0 Å². The first kappa shape index (κ1) is 24.1. The average Bonchev–Trinajstić information content (AvgIpc) is 2.87. The molecule has 1 saturated heterocycles. The highest BCUT2D eigenvalue weighted by Gasteiger charge is 2.40. The van der Waals surface area contributed by atoms with Gasteiger partial charge in [0.05, 0.1) is 24.9 Å². The van der Waals surface area contributed by atoms with Crippen LogP contribution in [0.2, 0.25) is 25.7 Å². The van der Waals surface area contributed by atoms with Crippen molar-refractivity contribution in [3.8, 4) is 0 Å². The summed E-state index contributed by atoms with van der Waals surface area (Å²) in [5, 5.41) is 9.55. The summed E-state index contributed by atoms with van der Waals surface area (Å²) in [6.45, 7) is 15.0. The Kier molecular flexibility index (Phi) is 8.07. The van der Waals surface area contributed by atoms with Gasteiger partial charge in [-0.3, -0.25) is 0 Å². The van der Waals surface area contributed by atoms with Crippen molar-refractivity contribution >= 4 is 14.0 Å². The van der Waals surface area contributed by atoms with E-state index in [0.29, 0.717) is 12.2 Å². The molecule has 1 aliphatic rings. The number of hydrogen-bond acceptors (Lipinski definition) is 5. The number of aliphatic hydroxyl groups excluding tert-OH is 1. The van der Waals surface area contributed by atoms with Gasteiger partial charge < -0.3 is 19.3 Å². The van der Waals surface area contributed by atoms with Gasteiger partial charge in [0.25, 0.3) is 0 Å². The molecule has 1 aromatic carbocycles. The van der Waals surface area contributed by atoms with Crippen LogP contribution in [0.3, 0.4) is 0 Å². The van der Waals surface area contributed by atoms with Gasteiger partial charge in [-0.05, 0) is 64.1 Å². The number of carbonyl (C=O) groups is 1. The SMILES string of the molecule is Cc1cc(C)c(C(=O)OCC[Si](C)(C)C)c(CCC[C@@H]2OC(C)(C)O[C@@H]2CO)c1. The van der Waals surface area contributed by atoms with E-state index in [9.17, 15) is 9.90 Å². The van der Waals surface area contributed by atoms with Crippen molar-refractivity contribution < 1.29 is 24.1 Å². The highest BCUT2D eigenvalue weighted by atomic mass is 28.3. The molecule has 6 heteroatoms. The summed E-state index contributed by atoms with van der Waals surface area (Å²) in [6, 6.07) is 5.09. The Bertz CT molecular complexity index is 708. The molecular weight excluding hydrogens is 384 g/mol. The van der Waals surface area contributed by atoms with Crippen molar-refractivity contribution in [1.29, 1.82) is 0 Å². The fourth-order valence-corrected chi connectivity index (χ4v) is 4.58. The van der Waals surface area contributed by atoms with Crippen LogP contribution in [0.1, 0.15) is 53.7 Å². The molecule has 0 spiro atoms. The zero-order chi connectivity index (χ0) is 21.8. The molecule has 0 saturated carbocycles. The van der Waals surface area contributed by atoms with E-state index >= 15 is 0 Å². The molecular formula is C23H38O5Si. The molecule has 0 aliphatic carbocycles. The fourth-order valence-electron chi connectivity index (χ4n) is 3.87. The molecule has 0 aromatic heterocycles. The zero-order valence-corrected chi connectivity index (χ0v) is 20.1. The van der Waals surface area contributed by atoms with Crippen LogP contribution in [0, 0.1) is 13.8 Å². The van der Waals surface area contributed by atoms with Gasteiger partial charge >= 0.3 is 5.97 Å². The third-order valence-corrected chi connectivity index (χ3v) is 6.95. The predicted molar refractivity (Wildman–Crippen MR) is 118 cm³/mol. The normalized spacial score (nSPS) is 21.4. The highest BCUT2D eigenvalue weighted by Crippen LogP contribution is 2.31. The number of ether oxygens (including phenoxy) is 3. The molecule has 0 amide bonds. The molecule has 1 fully saturated rings. The molecule has 164 valence electrons. The number of hydrogen-bond donors (Lipinski definition) is 1. The van der Waals surface area contributed by atoms with Crippen LogP contribution in [0.4, 0.5) is 0 Å². The van der Waals surface area contributed by atoms with E-state index < -0.39 is 13.9 Å². The quantitative estimate of drug-likeness (QED) is 0.464. The second-order valence-corrected chi connectivity index (χ2v) is 15.5.